The van der Waals surface area contributed by atoms with Crippen LogP contribution in [0.2, 0.25) is 0 Å². The molecule has 114 valence electrons. The number of nitrogens with one attached hydrogen (secondary N) is 1. The van der Waals surface area contributed by atoms with Crippen molar-refractivity contribution >= 4 is 11.8 Å². The normalized spacial score (nSPS) is 11.0. The van der Waals surface area contributed by atoms with Gasteiger partial charge in [-0.1, -0.05) is 47.3 Å². The Morgan fingerprint density at radius 3 is 2.78 bits per heavy atom. The molecule has 3 heterocycles. The second-order valence-electron chi connectivity index (χ2n) is 4.79. The van der Waals surface area contributed by atoms with Crippen LogP contribution in [0.3, 0.4) is 0 Å². The highest BCUT2D eigenvalue weighted by Gasteiger charge is 2.12. The molecule has 0 spiro atoms. The minimum Gasteiger partial charge on any atom is -0.410 e. The lowest BCUT2D eigenvalue weighted by molar-refractivity contribution is 0.426. The van der Waals surface area contributed by atoms with Gasteiger partial charge in [0, 0.05) is 23.6 Å². The van der Waals surface area contributed by atoms with Gasteiger partial charge in [0.05, 0.1) is 5.69 Å². The third-order valence-electron chi connectivity index (χ3n) is 3.20. The fraction of sp³-hybridized carbons (Fsp3) is 0.0625. The average Bonchev–Trinajstić information content (AvgIpc) is 3.33. The standard InChI is InChI=1S/C16H12N4O2S/c1-2-5-11(6-3-1)14-9-12(20-22-14)10-23-16-19-18-15(21-16)13-7-4-8-17-13/h1-9,17H,10H2. The molecule has 4 aromatic rings. The van der Waals surface area contributed by atoms with E-state index in [2.05, 4.69) is 20.3 Å². The Balaban J connectivity index is 1.43. The quantitative estimate of drug-likeness (QED) is 0.559. The van der Waals surface area contributed by atoms with Crippen molar-refractivity contribution in [2.45, 2.75) is 11.0 Å². The molecule has 1 aromatic carbocycles. The summed E-state index contributed by atoms with van der Waals surface area (Å²) in [6.07, 6.45) is 1.81. The maximum atomic E-state index is 5.59. The minimum absolute atomic E-state index is 0.475. The van der Waals surface area contributed by atoms with Gasteiger partial charge in [-0.15, -0.1) is 10.2 Å². The maximum absolute atomic E-state index is 5.59. The van der Waals surface area contributed by atoms with Crippen LogP contribution in [0, 0.1) is 0 Å². The van der Waals surface area contributed by atoms with Gasteiger partial charge in [0.2, 0.25) is 0 Å². The Morgan fingerprint density at radius 1 is 1.04 bits per heavy atom. The molecular weight excluding hydrogens is 312 g/mol. The summed E-state index contributed by atoms with van der Waals surface area (Å²) in [5, 5.41) is 12.6. The predicted octanol–water partition coefficient (Wildman–Crippen LogP) is 4.01. The Bertz CT molecular complexity index is 884. The van der Waals surface area contributed by atoms with Gasteiger partial charge in [0.1, 0.15) is 5.69 Å². The van der Waals surface area contributed by atoms with E-state index in [0.29, 0.717) is 16.9 Å². The van der Waals surface area contributed by atoms with Crippen molar-refractivity contribution in [3.63, 3.8) is 0 Å². The molecule has 0 bridgehead atoms. The molecule has 4 rings (SSSR count). The van der Waals surface area contributed by atoms with Crippen molar-refractivity contribution < 1.29 is 8.94 Å². The molecule has 0 saturated heterocycles. The second kappa shape index (κ2) is 6.13. The van der Waals surface area contributed by atoms with Crippen LogP contribution in [0.1, 0.15) is 5.69 Å². The summed E-state index contributed by atoms with van der Waals surface area (Å²) in [5.74, 6) is 1.82. The van der Waals surface area contributed by atoms with E-state index in [-0.39, 0.29) is 0 Å². The van der Waals surface area contributed by atoms with Gasteiger partial charge in [0.25, 0.3) is 11.1 Å². The van der Waals surface area contributed by atoms with E-state index < -0.39 is 0 Å². The minimum atomic E-state index is 0.475. The van der Waals surface area contributed by atoms with E-state index >= 15 is 0 Å². The van der Waals surface area contributed by atoms with E-state index in [1.807, 2.05) is 54.7 Å². The van der Waals surface area contributed by atoms with Crippen LogP contribution in [-0.2, 0) is 5.75 Å². The smallest absolute Gasteiger partial charge is 0.277 e. The molecule has 0 unspecified atom stereocenters. The van der Waals surface area contributed by atoms with E-state index in [9.17, 15) is 0 Å². The molecule has 0 fully saturated rings. The summed E-state index contributed by atoms with van der Waals surface area (Å²) in [7, 11) is 0. The number of hydrogen-bond acceptors (Lipinski definition) is 6. The van der Waals surface area contributed by atoms with Gasteiger partial charge in [0.15, 0.2) is 5.76 Å². The monoisotopic (exact) mass is 324 g/mol. The van der Waals surface area contributed by atoms with Crippen LogP contribution in [0.4, 0.5) is 0 Å². The lowest BCUT2D eigenvalue weighted by atomic mass is 10.2. The Kier molecular flexibility index (Phi) is 3.69. The number of nitrogens with zero attached hydrogens (tertiary/aromatic N) is 3. The lowest BCUT2D eigenvalue weighted by Crippen LogP contribution is -1.79. The number of rotatable bonds is 5. The third-order valence-corrected chi connectivity index (χ3v) is 4.05. The zero-order chi connectivity index (χ0) is 15.5. The molecule has 0 aliphatic carbocycles. The molecular formula is C16H12N4O2S. The summed E-state index contributed by atoms with van der Waals surface area (Å²) in [6, 6.07) is 15.5. The first-order valence-electron chi connectivity index (χ1n) is 6.99. The van der Waals surface area contributed by atoms with Crippen molar-refractivity contribution in [2.75, 3.05) is 0 Å². The first kappa shape index (κ1) is 13.8. The number of benzene rings is 1. The first-order chi connectivity index (χ1) is 11.4. The number of aromatic nitrogens is 4. The third kappa shape index (κ3) is 3.04. The van der Waals surface area contributed by atoms with Crippen molar-refractivity contribution in [1.82, 2.24) is 20.3 Å². The van der Waals surface area contributed by atoms with Gasteiger partial charge in [-0.3, -0.25) is 0 Å². The van der Waals surface area contributed by atoms with Gasteiger partial charge >= 0.3 is 0 Å². The lowest BCUT2D eigenvalue weighted by Gasteiger charge is -1.92. The van der Waals surface area contributed by atoms with Crippen LogP contribution in [0.5, 0.6) is 0 Å². The topological polar surface area (TPSA) is 80.7 Å². The summed E-state index contributed by atoms with van der Waals surface area (Å²) in [6.45, 7) is 0. The van der Waals surface area contributed by atoms with Crippen molar-refractivity contribution in [2.24, 2.45) is 0 Å². The highest BCUT2D eigenvalue weighted by molar-refractivity contribution is 7.98. The Hall–Kier alpha value is -2.80. The molecule has 1 N–H and O–H groups in total. The van der Waals surface area contributed by atoms with Crippen LogP contribution in [0.25, 0.3) is 22.9 Å². The van der Waals surface area contributed by atoms with Crippen LogP contribution < -0.4 is 0 Å². The second-order valence-corrected chi connectivity index (χ2v) is 5.72. The molecule has 0 aliphatic rings. The Labute approximate surface area is 135 Å². The zero-order valence-electron chi connectivity index (χ0n) is 12.0. The molecule has 0 saturated carbocycles. The summed E-state index contributed by atoms with van der Waals surface area (Å²) in [5.41, 5.74) is 2.63. The molecule has 0 atom stereocenters. The van der Waals surface area contributed by atoms with E-state index in [1.165, 1.54) is 11.8 Å². The number of aromatic amines is 1. The average molecular weight is 324 g/mol. The highest BCUT2D eigenvalue weighted by atomic mass is 32.2. The summed E-state index contributed by atoms with van der Waals surface area (Å²) >= 11 is 1.42. The van der Waals surface area contributed by atoms with Gasteiger partial charge < -0.3 is 13.9 Å². The zero-order valence-corrected chi connectivity index (χ0v) is 12.8. The fourth-order valence-corrected chi connectivity index (χ4v) is 2.74. The number of thioether (sulfide) groups is 1. The first-order valence-corrected chi connectivity index (χ1v) is 7.98. The van der Waals surface area contributed by atoms with Crippen LogP contribution >= 0.6 is 11.8 Å². The van der Waals surface area contributed by atoms with E-state index in [4.69, 9.17) is 8.94 Å². The van der Waals surface area contributed by atoms with Crippen LogP contribution in [-0.4, -0.2) is 20.3 Å². The van der Waals surface area contributed by atoms with E-state index in [0.717, 1.165) is 22.7 Å². The van der Waals surface area contributed by atoms with Crippen molar-refractivity contribution in [3.8, 4) is 22.9 Å². The highest BCUT2D eigenvalue weighted by Crippen LogP contribution is 2.26. The Morgan fingerprint density at radius 2 is 1.96 bits per heavy atom. The van der Waals surface area contributed by atoms with Crippen LogP contribution in [0.15, 0.2) is 68.9 Å². The molecule has 7 heteroatoms. The molecule has 23 heavy (non-hydrogen) atoms. The largest absolute Gasteiger partial charge is 0.410 e. The van der Waals surface area contributed by atoms with Gasteiger partial charge in [-0.25, -0.2) is 0 Å². The molecule has 3 aromatic heterocycles. The fourth-order valence-electron chi connectivity index (χ4n) is 2.09. The SMILES string of the molecule is c1ccc(-c2cc(CSc3nnc(-c4ccc[nH]4)o3)no2)cc1. The molecule has 6 nitrogen and oxygen atoms in total. The molecule has 0 radical (unpaired) electrons. The molecule has 0 aliphatic heterocycles. The number of H-pyrrole nitrogens is 1. The molecule has 0 amide bonds. The number of hydrogen-bond donors (Lipinski definition) is 1. The van der Waals surface area contributed by atoms with Crippen molar-refractivity contribution in [1.29, 1.82) is 0 Å². The maximum Gasteiger partial charge on any atom is 0.277 e. The summed E-state index contributed by atoms with van der Waals surface area (Å²) in [4.78, 5) is 3.03. The van der Waals surface area contributed by atoms with Crippen molar-refractivity contribution in [3.05, 3.63) is 60.4 Å². The van der Waals surface area contributed by atoms with Gasteiger partial charge in [-0.05, 0) is 12.1 Å². The predicted molar refractivity (Wildman–Crippen MR) is 85.6 cm³/mol. The summed E-state index contributed by atoms with van der Waals surface area (Å²) < 4.78 is 11.0. The van der Waals surface area contributed by atoms with E-state index in [1.54, 1.807) is 0 Å². The van der Waals surface area contributed by atoms with Gasteiger partial charge in [-0.2, -0.15) is 0 Å².